The molecular formula is C22H26ClF2NO4. The Bertz CT molecular complexity index is 819. The van der Waals surface area contributed by atoms with Gasteiger partial charge in [0.2, 0.25) is 0 Å². The van der Waals surface area contributed by atoms with Crippen LogP contribution in [0.3, 0.4) is 0 Å². The summed E-state index contributed by atoms with van der Waals surface area (Å²) >= 11 is 0. The number of ether oxygens (including phenoxy) is 2. The summed E-state index contributed by atoms with van der Waals surface area (Å²) in [4.78, 5) is 12.8. The van der Waals surface area contributed by atoms with Gasteiger partial charge in [-0.3, -0.25) is 9.69 Å². The predicted octanol–water partition coefficient (Wildman–Crippen LogP) is 4.25. The van der Waals surface area contributed by atoms with Crippen LogP contribution in [0.25, 0.3) is 0 Å². The first-order valence-electron chi connectivity index (χ1n) is 9.74. The summed E-state index contributed by atoms with van der Waals surface area (Å²) in [6.07, 6.45) is 1.01. The van der Waals surface area contributed by atoms with Gasteiger partial charge in [-0.2, -0.15) is 0 Å². The van der Waals surface area contributed by atoms with Crippen LogP contribution in [0.1, 0.15) is 30.1 Å². The zero-order valence-electron chi connectivity index (χ0n) is 16.6. The third-order valence-electron chi connectivity index (χ3n) is 4.94. The van der Waals surface area contributed by atoms with Crippen LogP contribution in [0.2, 0.25) is 0 Å². The van der Waals surface area contributed by atoms with Crippen molar-refractivity contribution in [2.45, 2.75) is 25.4 Å². The minimum atomic E-state index is -0.828. The van der Waals surface area contributed by atoms with E-state index in [0.717, 1.165) is 18.2 Å². The molecule has 1 unspecified atom stereocenters. The van der Waals surface area contributed by atoms with Gasteiger partial charge in [0, 0.05) is 19.6 Å². The number of morpholine rings is 1. The average Bonchev–Trinajstić information content (AvgIpc) is 2.73. The van der Waals surface area contributed by atoms with E-state index >= 15 is 0 Å². The second kappa shape index (κ2) is 11.8. The number of hydrogen-bond donors (Lipinski definition) is 1. The summed E-state index contributed by atoms with van der Waals surface area (Å²) in [6, 6.07) is 11.8. The second-order valence-electron chi connectivity index (χ2n) is 7.04. The molecule has 0 spiro atoms. The molecule has 3 rings (SSSR count). The normalized spacial score (nSPS) is 16.7. The molecule has 1 aliphatic rings. The number of carboxylic acid groups (broad SMARTS) is 1. The van der Waals surface area contributed by atoms with Gasteiger partial charge in [0.1, 0.15) is 5.75 Å². The van der Waals surface area contributed by atoms with Gasteiger partial charge in [0.25, 0.3) is 0 Å². The molecule has 0 radical (unpaired) electrons. The molecule has 0 amide bonds. The molecular weight excluding hydrogens is 416 g/mol. The van der Waals surface area contributed by atoms with Crippen LogP contribution in [-0.4, -0.2) is 48.8 Å². The van der Waals surface area contributed by atoms with Crippen LogP contribution in [0.15, 0.2) is 42.5 Å². The zero-order valence-corrected chi connectivity index (χ0v) is 17.4. The monoisotopic (exact) mass is 441 g/mol. The summed E-state index contributed by atoms with van der Waals surface area (Å²) in [7, 11) is 0. The fourth-order valence-electron chi connectivity index (χ4n) is 3.33. The van der Waals surface area contributed by atoms with Crippen molar-refractivity contribution in [3.8, 4) is 5.75 Å². The molecule has 1 heterocycles. The number of halogens is 3. The minimum Gasteiger partial charge on any atom is -0.494 e. The zero-order chi connectivity index (χ0) is 20.6. The van der Waals surface area contributed by atoms with Gasteiger partial charge < -0.3 is 14.6 Å². The molecule has 30 heavy (non-hydrogen) atoms. The largest absolute Gasteiger partial charge is 0.494 e. The summed E-state index contributed by atoms with van der Waals surface area (Å²) in [5.74, 6) is -1.71. The lowest BCUT2D eigenvalue weighted by atomic mass is 10.1. The van der Waals surface area contributed by atoms with E-state index in [9.17, 15) is 13.6 Å². The maximum absolute atomic E-state index is 13.6. The molecule has 0 saturated carbocycles. The van der Waals surface area contributed by atoms with Gasteiger partial charge in [-0.15, -0.1) is 12.4 Å². The number of aryl methyl sites for hydroxylation is 1. The van der Waals surface area contributed by atoms with Crippen LogP contribution in [0, 0.1) is 11.6 Å². The van der Waals surface area contributed by atoms with E-state index in [2.05, 4.69) is 4.90 Å². The summed E-state index contributed by atoms with van der Waals surface area (Å²) in [5, 5.41) is 8.83. The Morgan fingerprint density at radius 2 is 1.97 bits per heavy atom. The molecule has 1 saturated heterocycles. The number of nitrogens with zero attached hydrogens (tertiary/aromatic N) is 1. The summed E-state index contributed by atoms with van der Waals surface area (Å²) in [6.45, 7) is 2.88. The number of hydrogen-bond acceptors (Lipinski definition) is 4. The van der Waals surface area contributed by atoms with E-state index in [1.807, 2.05) is 24.3 Å². The highest BCUT2D eigenvalue weighted by atomic mass is 35.5. The van der Waals surface area contributed by atoms with Crippen molar-refractivity contribution in [2.24, 2.45) is 0 Å². The number of carbonyl (C=O) groups is 1. The fourth-order valence-corrected chi connectivity index (χ4v) is 3.33. The van der Waals surface area contributed by atoms with Crippen LogP contribution >= 0.6 is 12.4 Å². The summed E-state index contributed by atoms with van der Waals surface area (Å²) < 4.78 is 38.3. The first kappa shape index (κ1) is 24.1. The first-order chi connectivity index (χ1) is 14.0. The Balaban J connectivity index is 0.00000320. The Morgan fingerprint density at radius 1 is 1.20 bits per heavy atom. The lowest BCUT2D eigenvalue weighted by Crippen LogP contribution is -2.39. The van der Waals surface area contributed by atoms with E-state index in [0.29, 0.717) is 50.5 Å². The molecule has 8 heteroatoms. The van der Waals surface area contributed by atoms with Gasteiger partial charge in [-0.1, -0.05) is 24.3 Å². The van der Waals surface area contributed by atoms with Crippen LogP contribution in [0.5, 0.6) is 5.75 Å². The van der Waals surface area contributed by atoms with E-state index in [-0.39, 0.29) is 24.9 Å². The van der Waals surface area contributed by atoms with Crippen LogP contribution < -0.4 is 4.74 Å². The lowest BCUT2D eigenvalue weighted by molar-refractivity contribution is -0.137. The molecule has 1 aliphatic heterocycles. The van der Waals surface area contributed by atoms with E-state index in [1.165, 1.54) is 6.07 Å². The minimum absolute atomic E-state index is 0. The number of aliphatic carboxylic acids is 1. The van der Waals surface area contributed by atoms with Gasteiger partial charge in [-0.25, -0.2) is 8.78 Å². The molecule has 0 aromatic heterocycles. The van der Waals surface area contributed by atoms with Crippen molar-refractivity contribution in [1.82, 2.24) is 4.90 Å². The highest BCUT2D eigenvalue weighted by molar-refractivity contribution is 5.85. The highest BCUT2D eigenvalue weighted by Crippen LogP contribution is 2.24. The molecule has 5 nitrogen and oxygen atoms in total. The third kappa shape index (κ3) is 6.93. The Labute approximate surface area is 181 Å². The Kier molecular flexibility index (Phi) is 9.49. The molecule has 1 N–H and O–H groups in total. The smallest absolute Gasteiger partial charge is 0.304 e. The quantitative estimate of drug-likeness (QED) is 0.590. The molecule has 0 bridgehead atoms. The topological polar surface area (TPSA) is 59.0 Å². The van der Waals surface area contributed by atoms with E-state index in [4.69, 9.17) is 14.6 Å². The number of benzene rings is 2. The Morgan fingerprint density at radius 3 is 2.70 bits per heavy atom. The van der Waals surface area contributed by atoms with Crippen LogP contribution in [0.4, 0.5) is 8.78 Å². The van der Waals surface area contributed by atoms with Crippen molar-refractivity contribution in [3.63, 3.8) is 0 Å². The van der Waals surface area contributed by atoms with E-state index in [1.54, 1.807) is 6.07 Å². The highest BCUT2D eigenvalue weighted by Gasteiger charge is 2.22. The van der Waals surface area contributed by atoms with Crippen LogP contribution in [-0.2, 0) is 16.0 Å². The molecule has 164 valence electrons. The number of rotatable bonds is 9. The Hall–Kier alpha value is -2.22. The maximum Gasteiger partial charge on any atom is 0.304 e. The third-order valence-corrected chi connectivity index (χ3v) is 4.94. The van der Waals surface area contributed by atoms with Crippen molar-refractivity contribution >= 4 is 18.4 Å². The fraction of sp³-hybridized carbons (Fsp3) is 0.409. The van der Waals surface area contributed by atoms with Gasteiger partial charge in [0.05, 0.1) is 25.7 Å². The van der Waals surface area contributed by atoms with Crippen molar-refractivity contribution < 1.29 is 28.2 Å². The second-order valence-corrected chi connectivity index (χ2v) is 7.04. The van der Waals surface area contributed by atoms with Crippen molar-refractivity contribution in [1.29, 1.82) is 0 Å². The van der Waals surface area contributed by atoms with Gasteiger partial charge in [0.15, 0.2) is 11.6 Å². The lowest BCUT2D eigenvalue weighted by Gasteiger charge is -2.32. The first-order valence-corrected chi connectivity index (χ1v) is 9.74. The van der Waals surface area contributed by atoms with Gasteiger partial charge >= 0.3 is 5.97 Å². The molecule has 1 fully saturated rings. The molecule has 2 aromatic carbocycles. The number of carboxylic acids is 1. The summed E-state index contributed by atoms with van der Waals surface area (Å²) in [5.41, 5.74) is 1.37. The average molecular weight is 442 g/mol. The standard InChI is InChI=1S/C22H25F2NO4.ClH/c23-19-5-1-3-17(22(19)24)4-2-13-28-18-8-6-16(7-9-18)20-15-25(12-14-29-20)11-10-21(26)27;/h1,3,5-9,20H,2,4,10-15H2,(H,26,27);1H. The SMILES string of the molecule is Cl.O=C(O)CCN1CCOC(c2ccc(OCCCc3cccc(F)c3F)cc2)C1. The molecule has 0 aliphatic carbocycles. The molecule has 1 atom stereocenters. The van der Waals surface area contributed by atoms with Gasteiger partial charge in [-0.05, 0) is 42.2 Å². The van der Waals surface area contributed by atoms with Crippen molar-refractivity contribution in [3.05, 3.63) is 65.2 Å². The van der Waals surface area contributed by atoms with E-state index < -0.39 is 17.6 Å². The predicted molar refractivity (Wildman–Crippen MR) is 111 cm³/mol. The molecule has 2 aromatic rings. The maximum atomic E-state index is 13.6. The van der Waals surface area contributed by atoms with Crippen molar-refractivity contribution in [2.75, 3.05) is 32.8 Å².